The van der Waals surface area contributed by atoms with Crippen LogP contribution in [0.15, 0.2) is 48.5 Å². The summed E-state index contributed by atoms with van der Waals surface area (Å²) in [7, 11) is 0. The van der Waals surface area contributed by atoms with Crippen molar-refractivity contribution in [1.29, 1.82) is 0 Å². The van der Waals surface area contributed by atoms with Gasteiger partial charge in [0.05, 0.1) is 11.0 Å². The summed E-state index contributed by atoms with van der Waals surface area (Å²) >= 11 is 0. The summed E-state index contributed by atoms with van der Waals surface area (Å²) in [6, 6.07) is 16.7. The van der Waals surface area contributed by atoms with Gasteiger partial charge in [-0.3, -0.25) is 0 Å². The Kier molecular flexibility index (Phi) is 2.95. The van der Waals surface area contributed by atoms with Crippen molar-refractivity contribution < 1.29 is 0 Å². The molecule has 3 aromatic rings. The zero-order valence-corrected chi connectivity index (χ0v) is 11.1. The Morgan fingerprint density at radius 2 is 1.74 bits per heavy atom. The number of aromatic amines is 1. The predicted molar refractivity (Wildman–Crippen MR) is 80.3 cm³/mol. The number of rotatable bonds is 3. The van der Waals surface area contributed by atoms with Crippen LogP contribution in [0.5, 0.6) is 0 Å². The van der Waals surface area contributed by atoms with Crippen LogP contribution in [0.25, 0.3) is 22.4 Å². The zero-order chi connectivity index (χ0) is 13.2. The van der Waals surface area contributed by atoms with Gasteiger partial charge in [-0.2, -0.15) is 0 Å². The molecule has 2 aromatic carbocycles. The van der Waals surface area contributed by atoms with Crippen molar-refractivity contribution in [1.82, 2.24) is 9.97 Å². The lowest BCUT2D eigenvalue weighted by Crippen LogP contribution is -2.10. The number of anilines is 1. The van der Waals surface area contributed by atoms with Gasteiger partial charge in [0.15, 0.2) is 0 Å². The van der Waals surface area contributed by atoms with E-state index in [9.17, 15) is 0 Å². The van der Waals surface area contributed by atoms with E-state index in [2.05, 4.69) is 41.3 Å². The Balaban J connectivity index is 2.10. The number of hydrogen-bond acceptors (Lipinski definition) is 2. The van der Waals surface area contributed by atoms with E-state index in [-0.39, 0.29) is 0 Å². The van der Waals surface area contributed by atoms with Gasteiger partial charge in [0.25, 0.3) is 0 Å². The fourth-order valence-electron chi connectivity index (χ4n) is 2.21. The molecule has 0 aliphatic heterocycles. The van der Waals surface area contributed by atoms with Crippen LogP contribution in [0.1, 0.15) is 13.8 Å². The van der Waals surface area contributed by atoms with E-state index < -0.39 is 0 Å². The van der Waals surface area contributed by atoms with Gasteiger partial charge in [0, 0.05) is 17.3 Å². The molecule has 1 heterocycles. The van der Waals surface area contributed by atoms with Crippen LogP contribution in [-0.4, -0.2) is 16.0 Å². The highest BCUT2D eigenvalue weighted by Gasteiger charge is 2.09. The molecule has 0 fully saturated rings. The SMILES string of the molecule is CC(C)Nc1ccccc1-c1nc2ccccc2[nH]1. The maximum Gasteiger partial charge on any atom is 0.140 e. The number of nitrogens with one attached hydrogen (secondary N) is 2. The van der Waals surface area contributed by atoms with Gasteiger partial charge in [-0.25, -0.2) is 4.98 Å². The normalized spacial score (nSPS) is 11.1. The molecule has 0 amide bonds. The molecule has 0 saturated heterocycles. The molecule has 0 atom stereocenters. The molecular weight excluding hydrogens is 234 g/mol. The standard InChI is InChI=1S/C16H17N3/c1-11(2)17-13-8-4-3-7-12(13)16-18-14-9-5-6-10-15(14)19-16/h3-11,17H,1-2H3,(H,18,19). The molecule has 3 nitrogen and oxygen atoms in total. The predicted octanol–water partition coefficient (Wildman–Crippen LogP) is 4.05. The number of nitrogens with zero attached hydrogens (tertiary/aromatic N) is 1. The van der Waals surface area contributed by atoms with E-state index in [1.165, 1.54) is 0 Å². The summed E-state index contributed by atoms with van der Waals surface area (Å²) in [4.78, 5) is 8.03. The Morgan fingerprint density at radius 1 is 1.00 bits per heavy atom. The summed E-state index contributed by atoms with van der Waals surface area (Å²) in [5.74, 6) is 0.907. The Bertz CT molecular complexity index is 665. The highest BCUT2D eigenvalue weighted by molar-refractivity contribution is 5.82. The maximum atomic E-state index is 4.66. The van der Waals surface area contributed by atoms with Crippen molar-refractivity contribution >= 4 is 16.7 Å². The van der Waals surface area contributed by atoms with E-state index in [0.29, 0.717) is 6.04 Å². The first kappa shape index (κ1) is 11.8. The van der Waals surface area contributed by atoms with Crippen molar-refractivity contribution in [3.63, 3.8) is 0 Å². The number of aromatic nitrogens is 2. The maximum absolute atomic E-state index is 4.66. The van der Waals surface area contributed by atoms with Crippen LogP contribution >= 0.6 is 0 Å². The van der Waals surface area contributed by atoms with Gasteiger partial charge in [-0.05, 0) is 38.1 Å². The molecule has 0 radical (unpaired) electrons. The molecule has 0 spiro atoms. The summed E-state index contributed by atoms with van der Waals surface area (Å²) in [6.45, 7) is 4.27. The second-order valence-electron chi connectivity index (χ2n) is 4.95. The molecule has 0 saturated carbocycles. The second kappa shape index (κ2) is 4.76. The van der Waals surface area contributed by atoms with Gasteiger partial charge >= 0.3 is 0 Å². The lowest BCUT2D eigenvalue weighted by Gasteiger charge is -2.13. The van der Waals surface area contributed by atoms with E-state index in [4.69, 9.17) is 0 Å². The molecule has 0 unspecified atom stereocenters. The average molecular weight is 251 g/mol. The molecule has 0 bridgehead atoms. The third-order valence-corrected chi connectivity index (χ3v) is 3.02. The van der Waals surface area contributed by atoms with Crippen LogP contribution in [0.2, 0.25) is 0 Å². The van der Waals surface area contributed by atoms with Gasteiger partial charge in [-0.1, -0.05) is 24.3 Å². The number of fused-ring (bicyclic) bond motifs is 1. The van der Waals surface area contributed by atoms with Crippen molar-refractivity contribution in [3.8, 4) is 11.4 Å². The lowest BCUT2D eigenvalue weighted by atomic mass is 10.1. The number of hydrogen-bond donors (Lipinski definition) is 2. The third kappa shape index (κ3) is 2.32. The summed E-state index contributed by atoms with van der Waals surface area (Å²) < 4.78 is 0. The van der Waals surface area contributed by atoms with Crippen molar-refractivity contribution in [2.75, 3.05) is 5.32 Å². The smallest absolute Gasteiger partial charge is 0.140 e. The van der Waals surface area contributed by atoms with E-state index >= 15 is 0 Å². The molecule has 3 rings (SSSR count). The monoisotopic (exact) mass is 251 g/mol. The summed E-state index contributed by atoms with van der Waals surface area (Å²) in [6.07, 6.45) is 0. The summed E-state index contributed by atoms with van der Waals surface area (Å²) in [5, 5.41) is 3.46. The largest absolute Gasteiger partial charge is 0.382 e. The molecule has 19 heavy (non-hydrogen) atoms. The fraction of sp³-hybridized carbons (Fsp3) is 0.188. The molecule has 3 heteroatoms. The molecule has 1 aromatic heterocycles. The fourth-order valence-corrected chi connectivity index (χ4v) is 2.21. The Labute approximate surface area is 112 Å². The van der Waals surface area contributed by atoms with Crippen LogP contribution in [0, 0.1) is 0 Å². The highest BCUT2D eigenvalue weighted by atomic mass is 14.9. The van der Waals surface area contributed by atoms with Gasteiger partial charge in [-0.15, -0.1) is 0 Å². The molecule has 2 N–H and O–H groups in total. The van der Waals surface area contributed by atoms with Crippen LogP contribution in [-0.2, 0) is 0 Å². The van der Waals surface area contributed by atoms with E-state index in [1.807, 2.05) is 36.4 Å². The topological polar surface area (TPSA) is 40.7 Å². The molecule has 0 aliphatic carbocycles. The quantitative estimate of drug-likeness (QED) is 0.737. The number of imidazole rings is 1. The molecule has 96 valence electrons. The number of para-hydroxylation sites is 3. The second-order valence-corrected chi connectivity index (χ2v) is 4.95. The van der Waals surface area contributed by atoms with Crippen molar-refractivity contribution in [3.05, 3.63) is 48.5 Å². The first-order valence-corrected chi connectivity index (χ1v) is 6.55. The van der Waals surface area contributed by atoms with E-state index in [1.54, 1.807) is 0 Å². The first-order valence-electron chi connectivity index (χ1n) is 6.55. The van der Waals surface area contributed by atoms with Gasteiger partial charge in [0.1, 0.15) is 5.82 Å². The van der Waals surface area contributed by atoms with Crippen LogP contribution in [0.3, 0.4) is 0 Å². The first-order chi connectivity index (χ1) is 9.24. The minimum absolute atomic E-state index is 0.394. The third-order valence-electron chi connectivity index (χ3n) is 3.02. The minimum atomic E-state index is 0.394. The van der Waals surface area contributed by atoms with Crippen LogP contribution < -0.4 is 5.32 Å². The van der Waals surface area contributed by atoms with Crippen molar-refractivity contribution in [2.24, 2.45) is 0 Å². The lowest BCUT2D eigenvalue weighted by molar-refractivity contribution is 0.900. The van der Waals surface area contributed by atoms with Gasteiger partial charge in [0.2, 0.25) is 0 Å². The summed E-state index contributed by atoms with van der Waals surface area (Å²) in [5.41, 5.74) is 4.28. The van der Waals surface area contributed by atoms with Gasteiger partial charge < -0.3 is 10.3 Å². The highest BCUT2D eigenvalue weighted by Crippen LogP contribution is 2.27. The molecular formula is C16H17N3. The number of benzene rings is 2. The van der Waals surface area contributed by atoms with E-state index in [0.717, 1.165) is 28.1 Å². The minimum Gasteiger partial charge on any atom is -0.382 e. The average Bonchev–Trinajstić information content (AvgIpc) is 2.82. The van der Waals surface area contributed by atoms with Crippen molar-refractivity contribution in [2.45, 2.75) is 19.9 Å². The van der Waals surface area contributed by atoms with Crippen LogP contribution in [0.4, 0.5) is 5.69 Å². The molecule has 0 aliphatic rings. The Morgan fingerprint density at radius 3 is 2.53 bits per heavy atom. The number of H-pyrrole nitrogens is 1. The Hall–Kier alpha value is -2.29. The zero-order valence-electron chi connectivity index (χ0n) is 11.1.